The predicted octanol–water partition coefficient (Wildman–Crippen LogP) is 3.60. The summed E-state index contributed by atoms with van der Waals surface area (Å²) in [4.78, 5) is 17.8. The number of nitrogens with one attached hydrogen (secondary N) is 1. The van der Waals surface area contributed by atoms with Crippen molar-refractivity contribution in [3.05, 3.63) is 29.8 Å². The second kappa shape index (κ2) is 10.4. The number of aryl methyl sites for hydroxylation is 1. The van der Waals surface area contributed by atoms with Crippen LogP contribution in [0, 0.1) is 6.92 Å². The summed E-state index contributed by atoms with van der Waals surface area (Å²) in [5, 5.41) is 3.02. The van der Waals surface area contributed by atoms with Gasteiger partial charge in [-0.3, -0.25) is 4.99 Å². The SMILES string of the molecule is CCN(CCN=C(N)Nc1ccc(C)cc1)C(=O)OC(C)(C)C.I. The van der Waals surface area contributed by atoms with E-state index in [1.165, 1.54) is 5.56 Å². The summed E-state index contributed by atoms with van der Waals surface area (Å²) in [7, 11) is 0. The van der Waals surface area contributed by atoms with Gasteiger partial charge in [-0.25, -0.2) is 4.79 Å². The van der Waals surface area contributed by atoms with E-state index in [1.54, 1.807) is 4.90 Å². The molecule has 0 aromatic heterocycles. The number of anilines is 1. The first kappa shape index (κ1) is 22.5. The lowest BCUT2D eigenvalue weighted by atomic mass is 10.2. The highest BCUT2D eigenvalue weighted by Crippen LogP contribution is 2.10. The Morgan fingerprint density at radius 2 is 1.88 bits per heavy atom. The minimum Gasteiger partial charge on any atom is -0.444 e. The molecule has 0 fully saturated rings. The zero-order valence-electron chi connectivity index (χ0n) is 15.1. The molecule has 136 valence electrons. The van der Waals surface area contributed by atoms with Crippen molar-refractivity contribution in [3.8, 4) is 0 Å². The molecule has 6 nitrogen and oxygen atoms in total. The average molecular weight is 448 g/mol. The molecule has 0 radical (unpaired) electrons. The van der Waals surface area contributed by atoms with Crippen LogP contribution in [-0.2, 0) is 4.74 Å². The largest absolute Gasteiger partial charge is 0.444 e. The van der Waals surface area contributed by atoms with Crippen molar-refractivity contribution in [3.63, 3.8) is 0 Å². The number of guanidine groups is 1. The van der Waals surface area contributed by atoms with Crippen LogP contribution in [0.15, 0.2) is 29.3 Å². The van der Waals surface area contributed by atoms with Crippen LogP contribution in [-0.4, -0.2) is 42.2 Å². The molecule has 0 bridgehead atoms. The van der Waals surface area contributed by atoms with Gasteiger partial charge in [0, 0.05) is 18.8 Å². The Morgan fingerprint density at radius 3 is 2.38 bits per heavy atom. The van der Waals surface area contributed by atoms with Gasteiger partial charge < -0.3 is 20.7 Å². The molecular weight excluding hydrogens is 419 g/mol. The highest BCUT2D eigenvalue weighted by atomic mass is 127. The van der Waals surface area contributed by atoms with Crippen LogP contribution < -0.4 is 11.1 Å². The van der Waals surface area contributed by atoms with E-state index < -0.39 is 5.60 Å². The second-order valence-corrected chi connectivity index (χ2v) is 6.32. The summed E-state index contributed by atoms with van der Waals surface area (Å²) in [6, 6.07) is 7.88. The average Bonchev–Trinajstić information content (AvgIpc) is 2.44. The zero-order chi connectivity index (χ0) is 17.5. The molecule has 1 aromatic carbocycles. The number of halogens is 1. The zero-order valence-corrected chi connectivity index (χ0v) is 17.5. The molecule has 0 saturated carbocycles. The number of hydrogen-bond donors (Lipinski definition) is 2. The fourth-order valence-corrected chi connectivity index (χ4v) is 1.82. The van der Waals surface area contributed by atoms with Crippen molar-refractivity contribution in [2.75, 3.05) is 25.0 Å². The van der Waals surface area contributed by atoms with E-state index in [4.69, 9.17) is 10.5 Å². The van der Waals surface area contributed by atoms with E-state index in [9.17, 15) is 4.79 Å². The van der Waals surface area contributed by atoms with Crippen molar-refractivity contribution in [1.82, 2.24) is 4.90 Å². The highest BCUT2D eigenvalue weighted by Gasteiger charge is 2.20. The van der Waals surface area contributed by atoms with Gasteiger partial charge in [-0.05, 0) is 46.8 Å². The number of ether oxygens (including phenoxy) is 1. The number of carbonyl (C=O) groups is 1. The molecule has 1 aromatic rings. The van der Waals surface area contributed by atoms with Gasteiger partial charge in [0.05, 0.1) is 6.54 Å². The third kappa shape index (κ3) is 8.95. The maximum atomic E-state index is 12.0. The fraction of sp³-hybridized carbons (Fsp3) is 0.529. The topological polar surface area (TPSA) is 80.0 Å². The van der Waals surface area contributed by atoms with Crippen LogP contribution in [0.25, 0.3) is 0 Å². The maximum Gasteiger partial charge on any atom is 0.410 e. The first-order valence-corrected chi connectivity index (χ1v) is 7.83. The summed E-state index contributed by atoms with van der Waals surface area (Å²) in [6.45, 7) is 10.9. The van der Waals surface area contributed by atoms with Gasteiger partial charge in [-0.2, -0.15) is 0 Å². The number of aliphatic imine (C=N–C) groups is 1. The normalized spacial score (nSPS) is 11.5. The number of hydrogen-bond acceptors (Lipinski definition) is 3. The van der Waals surface area contributed by atoms with Crippen LogP contribution >= 0.6 is 24.0 Å². The Labute approximate surface area is 161 Å². The molecule has 0 aliphatic carbocycles. The summed E-state index contributed by atoms with van der Waals surface area (Å²) in [5.41, 5.74) is 7.42. The maximum absolute atomic E-state index is 12.0. The van der Waals surface area contributed by atoms with E-state index in [0.717, 1.165) is 5.69 Å². The summed E-state index contributed by atoms with van der Waals surface area (Å²) < 4.78 is 5.35. The number of nitrogens with two attached hydrogens (primary N) is 1. The van der Waals surface area contributed by atoms with Crippen LogP contribution in [0.4, 0.5) is 10.5 Å². The standard InChI is InChI=1S/C17H28N4O2.HI/c1-6-21(16(22)23-17(3,4)5)12-11-19-15(18)20-14-9-7-13(2)8-10-14;/h7-10H,6,11-12H2,1-5H3,(H3,18,19,20);1H. The molecule has 0 spiro atoms. The van der Waals surface area contributed by atoms with Gasteiger partial charge in [-0.1, -0.05) is 17.7 Å². The lowest BCUT2D eigenvalue weighted by molar-refractivity contribution is 0.0266. The van der Waals surface area contributed by atoms with Crippen molar-refractivity contribution >= 4 is 41.7 Å². The minimum absolute atomic E-state index is 0. The molecule has 1 amide bonds. The number of carbonyl (C=O) groups excluding carboxylic acids is 1. The molecule has 1 rings (SSSR count). The molecule has 0 saturated heterocycles. The number of rotatable bonds is 5. The quantitative estimate of drug-likeness (QED) is 0.410. The predicted molar refractivity (Wildman–Crippen MR) is 110 cm³/mol. The van der Waals surface area contributed by atoms with E-state index in [2.05, 4.69) is 10.3 Å². The van der Waals surface area contributed by atoms with Gasteiger partial charge in [0.15, 0.2) is 5.96 Å². The van der Waals surface area contributed by atoms with E-state index in [-0.39, 0.29) is 30.1 Å². The van der Waals surface area contributed by atoms with Gasteiger partial charge in [0.1, 0.15) is 5.60 Å². The van der Waals surface area contributed by atoms with Gasteiger partial charge in [0.25, 0.3) is 0 Å². The number of nitrogens with zero attached hydrogens (tertiary/aromatic N) is 2. The molecule has 0 heterocycles. The highest BCUT2D eigenvalue weighted by molar-refractivity contribution is 14.0. The Balaban J connectivity index is 0.00000529. The Hall–Kier alpha value is -1.51. The van der Waals surface area contributed by atoms with E-state index in [0.29, 0.717) is 25.6 Å². The number of likely N-dealkylation sites (N-methyl/N-ethyl adjacent to an activating group) is 1. The smallest absolute Gasteiger partial charge is 0.410 e. The molecule has 3 N–H and O–H groups in total. The Kier molecular flexibility index (Phi) is 9.72. The molecule has 0 unspecified atom stereocenters. The van der Waals surface area contributed by atoms with Crippen molar-refractivity contribution in [2.24, 2.45) is 10.7 Å². The molecule has 0 aliphatic heterocycles. The molecule has 0 aliphatic rings. The summed E-state index contributed by atoms with van der Waals surface area (Å²) in [5.74, 6) is 0.328. The van der Waals surface area contributed by atoms with E-state index >= 15 is 0 Å². The van der Waals surface area contributed by atoms with Crippen LogP contribution in [0.5, 0.6) is 0 Å². The van der Waals surface area contributed by atoms with Gasteiger partial charge >= 0.3 is 6.09 Å². The first-order valence-electron chi connectivity index (χ1n) is 7.83. The Bertz CT molecular complexity index is 539. The number of amides is 1. The third-order valence-electron chi connectivity index (χ3n) is 3.01. The molecule has 24 heavy (non-hydrogen) atoms. The Morgan fingerprint density at radius 1 is 1.29 bits per heavy atom. The summed E-state index contributed by atoms with van der Waals surface area (Å²) in [6.07, 6.45) is -0.333. The lowest BCUT2D eigenvalue weighted by Crippen LogP contribution is -2.38. The van der Waals surface area contributed by atoms with Crippen LogP contribution in [0.1, 0.15) is 33.3 Å². The van der Waals surface area contributed by atoms with Crippen molar-refractivity contribution in [1.29, 1.82) is 0 Å². The van der Waals surface area contributed by atoms with Gasteiger partial charge in [-0.15, -0.1) is 24.0 Å². The number of benzene rings is 1. The third-order valence-corrected chi connectivity index (χ3v) is 3.01. The second-order valence-electron chi connectivity index (χ2n) is 6.32. The minimum atomic E-state index is -0.500. The van der Waals surface area contributed by atoms with Crippen molar-refractivity contribution in [2.45, 2.75) is 40.2 Å². The fourth-order valence-electron chi connectivity index (χ4n) is 1.82. The van der Waals surface area contributed by atoms with E-state index in [1.807, 2.05) is 58.9 Å². The summed E-state index contributed by atoms with van der Waals surface area (Å²) >= 11 is 0. The monoisotopic (exact) mass is 448 g/mol. The molecule has 7 heteroatoms. The van der Waals surface area contributed by atoms with Crippen LogP contribution in [0.3, 0.4) is 0 Å². The van der Waals surface area contributed by atoms with Gasteiger partial charge in [0.2, 0.25) is 0 Å². The van der Waals surface area contributed by atoms with Crippen LogP contribution in [0.2, 0.25) is 0 Å². The first-order chi connectivity index (χ1) is 10.7. The molecule has 0 atom stereocenters. The van der Waals surface area contributed by atoms with Crippen molar-refractivity contribution < 1.29 is 9.53 Å². The lowest BCUT2D eigenvalue weighted by Gasteiger charge is -2.26. The molecular formula is C17H29IN4O2.